The highest BCUT2D eigenvalue weighted by atomic mass is 16.5. The smallest absolute Gasteiger partial charge is 0.305 e. The molecule has 0 saturated heterocycles. The molecule has 0 atom stereocenters. The number of nitrogens with two attached hydrogens (primary N) is 1. The number of aromatic nitrogens is 2. The van der Waals surface area contributed by atoms with Gasteiger partial charge in [0.15, 0.2) is 0 Å². The number of nitrogens with one attached hydrogen (secondary N) is 2. The van der Waals surface area contributed by atoms with E-state index in [2.05, 4.69) is 9.97 Å². The van der Waals surface area contributed by atoms with Crippen molar-refractivity contribution in [1.82, 2.24) is 9.97 Å². The van der Waals surface area contributed by atoms with Gasteiger partial charge < -0.3 is 15.5 Å². The van der Waals surface area contributed by atoms with Crippen molar-refractivity contribution in [2.75, 3.05) is 7.11 Å². The molecule has 6 heteroatoms. The predicted octanol–water partition coefficient (Wildman–Crippen LogP) is 3.59. The fourth-order valence-corrected chi connectivity index (χ4v) is 3.67. The summed E-state index contributed by atoms with van der Waals surface area (Å²) in [5.41, 5.74) is 8.25. The van der Waals surface area contributed by atoms with Crippen LogP contribution in [0, 0.1) is 11.3 Å². The molecule has 1 aromatic heterocycles. The third-order valence-corrected chi connectivity index (χ3v) is 5.32. The maximum absolute atomic E-state index is 11.3. The Morgan fingerprint density at radius 1 is 1.27 bits per heavy atom. The number of methoxy groups -OCH3 is 1. The minimum atomic E-state index is -0.112. The lowest BCUT2D eigenvalue weighted by atomic mass is 9.80. The van der Waals surface area contributed by atoms with Gasteiger partial charge in [-0.25, -0.2) is 4.98 Å². The Hall–Kier alpha value is -2.63. The van der Waals surface area contributed by atoms with Crippen molar-refractivity contribution < 1.29 is 9.53 Å². The summed E-state index contributed by atoms with van der Waals surface area (Å²) in [7, 11) is 1.45. The van der Waals surface area contributed by atoms with E-state index in [9.17, 15) is 4.79 Å². The van der Waals surface area contributed by atoms with E-state index in [1.165, 1.54) is 7.11 Å². The minimum absolute atomic E-state index is 0.0748. The molecule has 0 aliphatic heterocycles. The van der Waals surface area contributed by atoms with E-state index in [1.807, 2.05) is 30.5 Å². The molecule has 138 valence electrons. The van der Waals surface area contributed by atoms with E-state index in [-0.39, 0.29) is 11.8 Å². The molecule has 1 fully saturated rings. The fraction of sp³-hybridized carbons (Fsp3) is 0.450. The van der Waals surface area contributed by atoms with Crippen LogP contribution in [0.2, 0.25) is 0 Å². The minimum Gasteiger partial charge on any atom is -0.469 e. The van der Waals surface area contributed by atoms with Crippen molar-refractivity contribution >= 4 is 11.8 Å². The average Bonchev–Trinajstić information content (AvgIpc) is 3.16. The maximum Gasteiger partial charge on any atom is 0.305 e. The first-order chi connectivity index (χ1) is 12.6. The third-order valence-electron chi connectivity index (χ3n) is 5.32. The van der Waals surface area contributed by atoms with Gasteiger partial charge in [0.2, 0.25) is 0 Å². The van der Waals surface area contributed by atoms with Crippen LogP contribution in [0.15, 0.2) is 30.5 Å². The first kappa shape index (κ1) is 18.2. The lowest BCUT2D eigenvalue weighted by Gasteiger charge is -2.27. The fourth-order valence-electron chi connectivity index (χ4n) is 3.67. The molecule has 2 aromatic rings. The molecule has 4 N–H and O–H groups in total. The molecule has 0 unspecified atom stereocenters. The molecule has 1 aliphatic rings. The lowest BCUT2D eigenvalue weighted by Crippen LogP contribution is -2.15. The highest BCUT2D eigenvalue weighted by Gasteiger charge is 2.24. The van der Waals surface area contributed by atoms with Crippen molar-refractivity contribution in [3.63, 3.8) is 0 Å². The van der Waals surface area contributed by atoms with E-state index in [4.69, 9.17) is 15.9 Å². The van der Waals surface area contributed by atoms with E-state index in [1.54, 1.807) is 0 Å². The number of imidazole rings is 1. The van der Waals surface area contributed by atoms with Gasteiger partial charge in [-0.1, -0.05) is 24.3 Å². The molecule has 0 radical (unpaired) electrons. The highest BCUT2D eigenvalue weighted by Crippen LogP contribution is 2.37. The Kier molecular flexibility index (Phi) is 5.71. The summed E-state index contributed by atoms with van der Waals surface area (Å²) in [4.78, 5) is 19.3. The summed E-state index contributed by atoms with van der Waals surface area (Å²) in [6, 6.07) is 7.62. The van der Waals surface area contributed by atoms with Crippen LogP contribution in [0.1, 0.15) is 55.8 Å². The zero-order chi connectivity index (χ0) is 18.5. The number of carbonyl (C=O) groups is 1. The van der Waals surface area contributed by atoms with Crippen LogP contribution in [0.25, 0.3) is 11.3 Å². The summed E-state index contributed by atoms with van der Waals surface area (Å²) in [6.45, 7) is 0. The summed E-state index contributed by atoms with van der Waals surface area (Å²) >= 11 is 0. The van der Waals surface area contributed by atoms with E-state index in [0.29, 0.717) is 18.3 Å². The molecule has 1 aliphatic carbocycles. The molecule has 26 heavy (non-hydrogen) atoms. The van der Waals surface area contributed by atoms with E-state index in [0.717, 1.165) is 54.7 Å². The first-order valence-corrected chi connectivity index (χ1v) is 9.13. The van der Waals surface area contributed by atoms with Crippen molar-refractivity contribution in [1.29, 1.82) is 5.41 Å². The molecule has 1 heterocycles. The Balaban J connectivity index is 1.57. The van der Waals surface area contributed by atoms with Gasteiger partial charge in [-0.15, -0.1) is 0 Å². The monoisotopic (exact) mass is 354 g/mol. The first-order valence-electron chi connectivity index (χ1n) is 9.13. The number of benzene rings is 1. The number of carbonyl (C=O) groups excluding carboxylic acids is 1. The number of ether oxygens (including phenoxy) is 1. The summed E-state index contributed by atoms with van der Waals surface area (Å²) in [6.07, 6.45) is 7.78. The number of aromatic amines is 1. The summed E-state index contributed by atoms with van der Waals surface area (Å²) in [5.74, 6) is 2.07. The van der Waals surface area contributed by atoms with Crippen molar-refractivity contribution in [2.45, 2.75) is 44.4 Å². The van der Waals surface area contributed by atoms with Crippen LogP contribution in [-0.2, 0) is 9.53 Å². The van der Waals surface area contributed by atoms with Gasteiger partial charge in [0.05, 0.1) is 19.0 Å². The predicted molar refractivity (Wildman–Crippen MR) is 101 cm³/mol. The van der Waals surface area contributed by atoms with Crippen LogP contribution in [0.5, 0.6) is 0 Å². The maximum atomic E-state index is 11.3. The molecular formula is C20H26N4O2. The van der Waals surface area contributed by atoms with Crippen molar-refractivity contribution in [2.24, 2.45) is 11.7 Å². The Morgan fingerprint density at radius 2 is 1.96 bits per heavy atom. The average molecular weight is 354 g/mol. The summed E-state index contributed by atoms with van der Waals surface area (Å²) in [5, 5.41) is 7.46. The van der Waals surface area contributed by atoms with E-state index >= 15 is 0 Å². The molecule has 6 nitrogen and oxygen atoms in total. The molecule has 0 spiro atoms. The van der Waals surface area contributed by atoms with Crippen LogP contribution < -0.4 is 5.73 Å². The molecule has 1 saturated carbocycles. The normalized spacial score (nSPS) is 19.9. The van der Waals surface area contributed by atoms with Gasteiger partial charge in [0.25, 0.3) is 0 Å². The zero-order valence-electron chi connectivity index (χ0n) is 15.1. The third kappa shape index (κ3) is 4.31. The lowest BCUT2D eigenvalue weighted by molar-refractivity contribution is -0.141. The second-order valence-electron chi connectivity index (χ2n) is 7.01. The SMILES string of the molecule is COC(=O)CCC1CCC(c2ncc(-c3ccc(C(=N)N)cc3)[nH]2)CC1. The number of H-pyrrole nitrogens is 1. The van der Waals surface area contributed by atoms with Gasteiger partial charge in [0, 0.05) is 17.9 Å². The number of esters is 1. The second kappa shape index (κ2) is 8.17. The number of nitrogens with zero attached hydrogens (tertiary/aromatic N) is 1. The van der Waals surface area contributed by atoms with E-state index < -0.39 is 0 Å². The molecule has 0 amide bonds. The van der Waals surface area contributed by atoms with Crippen LogP contribution in [0.3, 0.4) is 0 Å². The largest absolute Gasteiger partial charge is 0.469 e. The number of rotatable bonds is 6. The van der Waals surface area contributed by atoms with Gasteiger partial charge in [0.1, 0.15) is 11.7 Å². The topological polar surface area (TPSA) is 105 Å². The van der Waals surface area contributed by atoms with Gasteiger partial charge in [-0.3, -0.25) is 10.2 Å². The number of nitrogen functional groups attached to an aromatic ring is 1. The number of hydrogen-bond donors (Lipinski definition) is 3. The number of hydrogen-bond acceptors (Lipinski definition) is 4. The van der Waals surface area contributed by atoms with Crippen LogP contribution in [-0.4, -0.2) is 28.9 Å². The Bertz CT molecular complexity index is 758. The highest BCUT2D eigenvalue weighted by molar-refractivity contribution is 5.95. The molecule has 0 bridgehead atoms. The zero-order valence-corrected chi connectivity index (χ0v) is 15.1. The second-order valence-corrected chi connectivity index (χ2v) is 7.01. The molecule has 1 aromatic carbocycles. The Labute approximate surface area is 153 Å². The standard InChI is InChI=1S/C20H26N4O2/c1-26-18(25)11-4-13-2-5-16(6-3-13)20-23-12-17(24-20)14-7-9-15(10-8-14)19(21)22/h7-10,12-13,16H,2-6,11H2,1H3,(H3,21,22)(H,23,24). The summed E-state index contributed by atoms with van der Waals surface area (Å²) < 4.78 is 4.72. The molecule has 3 rings (SSSR count). The van der Waals surface area contributed by atoms with Gasteiger partial charge >= 0.3 is 5.97 Å². The Morgan fingerprint density at radius 3 is 2.58 bits per heavy atom. The number of amidine groups is 1. The quantitative estimate of drug-likeness (QED) is 0.419. The van der Waals surface area contributed by atoms with Crippen molar-refractivity contribution in [3.8, 4) is 11.3 Å². The van der Waals surface area contributed by atoms with Crippen LogP contribution in [0.4, 0.5) is 0 Å². The van der Waals surface area contributed by atoms with Gasteiger partial charge in [-0.2, -0.15) is 0 Å². The van der Waals surface area contributed by atoms with Gasteiger partial charge in [-0.05, 0) is 43.6 Å². The molecular weight excluding hydrogens is 328 g/mol. The van der Waals surface area contributed by atoms with Crippen LogP contribution >= 0.6 is 0 Å². The van der Waals surface area contributed by atoms with Crippen molar-refractivity contribution in [3.05, 3.63) is 41.9 Å².